The Balaban J connectivity index is 1.48. The number of nitrogens with zero attached hydrogens (tertiary/aromatic N) is 3. The number of hydrogen-bond donors (Lipinski definition) is 1. The van der Waals surface area contributed by atoms with E-state index in [0.717, 1.165) is 54.6 Å². The van der Waals surface area contributed by atoms with Crippen molar-refractivity contribution in [1.82, 2.24) is 9.88 Å². The lowest BCUT2D eigenvalue weighted by atomic mass is 10.1. The molecule has 2 aliphatic rings. The van der Waals surface area contributed by atoms with Crippen LogP contribution in [0, 0.1) is 13.8 Å². The Morgan fingerprint density at radius 3 is 2.38 bits per heavy atom. The van der Waals surface area contributed by atoms with Crippen molar-refractivity contribution in [3.05, 3.63) is 81.1 Å². The first kappa shape index (κ1) is 25.5. The van der Waals surface area contributed by atoms with E-state index in [4.69, 9.17) is 40.2 Å². The Hall–Kier alpha value is -3.17. The third-order valence-corrected chi connectivity index (χ3v) is 7.62. The number of amides is 2. The monoisotopic (exact) mass is 554 g/mol. The van der Waals surface area contributed by atoms with Gasteiger partial charge in [-0.2, -0.15) is 0 Å². The summed E-state index contributed by atoms with van der Waals surface area (Å²) in [7, 11) is 0. The van der Waals surface area contributed by atoms with Crippen LogP contribution < -0.4 is 15.1 Å². The largest absolute Gasteiger partial charge is 0.378 e. The third-order valence-electron chi connectivity index (χ3n) is 6.53. The first-order valence-electron chi connectivity index (χ1n) is 11.7. The number of thiocarbonyl (C=S) groups is 1. The summed E-state index contributed by atoms with van der Waals surface area (Å²) in [5.41, 5.74) is 5.01. The SMILES string of the molecule is Cc1cc(/C=C2\C(=O)NC(=S)N(c3cccc(Cl)c3Cl)C2=O)c(C)n1-c1ccc(N2CCOCC2)cc1. The van der Waals surface area contributed by atoms with Gasteiger partial charge in [-0.05, 0) is 80.2 Å². The summed E-state index contributed by atoms with van der Waals surface area (Å²) in [4.78, 5) is 29.8. The van der Waals surface area contributed by atoms with Gasteiger partial charge in [0.15, 0.2) is 5.11 Å². The van der Waals surface area contributed by atoms with Crippen LogP contribution >= 0.6 is 35.4 Å². The summed E-state index contributed by atoms with van der Waals surface area (Å²) >= 11 is 17.8. The molecular formula is C27H24Cl2N4O3S. The number of rotatable bonds is 4. The van der Waals surface area contributed by atoms with Crippen molar-refractivity contribution >= 4 is 69.8 Å². The molecule has 2 saturated heterocycles. The molecule has 0 atom stereocenters. The minimum atomic E-state index is -0.572. The number of halogens is 2. The van der Waals surface area contributed by atoms with Crippen LogP contribution in [0.2, 0.25) is 10.0 Å². The van der Waals surface area contributed by atoms with Gasteiger partial charge >= 0.3 is 0 Å². The Morgan fingerprint density at radius 2 is 1.68 bits per heavy atom. The summed E-state index contributed by atoms with van der Waals surface area (Å²) in [6, 6.07) is 15.2. The van der Waals surface area contributed by atoms with Crippen LogP contribution in [0.25, 0.3) is 11.8 Å². The molecule has 3 heterocycles. The molecule has 0 aliphatic carbocycles. The molecule has 0 spiro atoms. The van der Waals surface area contributed by atoms with Gasteiger partial charge in [0, 0.05) is 35.9 Å². The maximum absolute atomic E-state index is 13.5. The van der Waals surface area contributed by atoms with Crippen LogP contribution in [-0.2, 0) is 14.3 Å². The zero-order chi connectivity index (χ0) is 26.3. The average molecular weight is 555 g/mol. The average Bonchev–Trinajstić information content (AvgIpc) is 3.17. The highest BCUT2D eigenvalue weighted by Crippen LogP contribution is 2.35. The van der Waals surface area contributed by atoms with E-state index < -0.39 is 11.8 Å². The van der Waals surface area contributed by atoms with E-state index >= 15 is 0 Å². The lowest BCUT2D eigenvalue weighted by molar-refractivity contribution is -0.122. The lowest BCUT2D eigenvalue weighted by Gasteiger charge is -2.29. The highest BCUT2D eigenvalue weighted by atomic mass is 35.5. The van der Waals surface area contributed by atoms with Gasteiger partial charge < -0.3 is 14.2 Å². The van der Waals surface area contributed by atoms with Gasteiger partial charge in [-0.25, -0.2) is 0 Å². The van der Waals surface area contributed by atoms with E-state index in [-0.39, 0.29) is 20.7 Å². The van der Waals surface area contributed by atoms with E-state index in [2.05, 4.69) is 39.0 Å². The molecule has 2 aromatic carbocycles. The fourth-order valence-electron chi connectivity index (χ4n) is 4.66. The molecule has 0 saturated carbocycles. The maximum atomic E-state index is 13.5. The van der Waals surface area contributed by atoms with E-state index in [9.17, 15) is 9.59 Å². The van der Waals surface area contributed by atoms with Crippen LogP contribution in [0.3, 0.4) is 0 Å². The van der Waals surface area contributed by atoms with Gasteiger partial charge in [0.1, 0.15) is 5.57 Å². The molecule has 2 amide bonds. The second kappa shape index (κ2) is 10.3. The van der Waals surface area contributed by atoms with Crippen molar-refractivity contribution < 1.29 is 14.3 Å². The molecule has 1 N–H and O–H groups in total. The second-order valence-corrected chi connectivity index (χ2v) is 9.98. The Kier molecular flexibility index (Phi) is 7.09. The van der Waals surface area contributed by atoms with Crippen molar-refractivity contribution in [2.45, 2.75) is 13.8 Å². The topological polar surface area (TPSA) is 66.8 Å². The highest BCUT2D eigenvalue weighted by molar-refractivity contribution is 7.80. The number of aromatic nitrogens is 1. The number of carbonyl (C=O) groups is 2. The summed E-state index contributed by atoms with van der Waals surface area (Å²) in [6.07, 6.45) is 1.59. The number of aryl methyl sites for hydroxylation is 1. The van der Waals surface area contributed by atoms with Crippen LogP contribution in [0.4, 0.5) is 11.4 Å². The van der Waals surface area contributed by atoms with E-state index in [1.165, 1.54) is 4.90 Å². The lowest BCUT2D eigenvalue weighted by Crippen LogP contribution is -2.54. The molecule has 2 fully saturated rings. The predicted octanol–water partition coefficient (Wildman–Crippen LogP) is 5.07. The Morgan fingerprint density at radius 1 is 1.00 bits per heavy atom. The van der Waals surface area contributed by atoms with E-state index in [1.54, 1.807) is 24.3 Å². The molecule has 5 rings (SSSR count). The second-order valence-electron chi connectivity index (χ2n) is 8.81. The van der Waals surface area contributed by atoms with Gasteiger partial charge in [0.05, 0.1) is 28.9 Å². The molecule has 2 aliphatic heterocycles. The van der Waals surface area contributed by atoms with Crippen molar-refractivity contribution in [2.24, 2.45) is 0 Å². The first-order valence-corrected chi connectivity index (χ1v) is 12.9. The van der Waals surface area contributed by atoms with Crippen LogP contribution in [0.15, 0.2) is 54.1 Å². The fraction of sp³-hybridized carbons (Fsp3) is 0.222. The van der Waals surface area contributed by atoms with Crippen molar-refractivity contribution in [3.63, 3.8) is 0 Å². The standard InChI is InChI=1S/C27H24Cl2N4O3S/c1-16-14-18(17(2)32(16)20-8-6-19(7-9-20)31-10-12-36-13-11-31)15-21-25(34)30-27(37)33(26(21)35)23-5-3-4-22(28)24(23)29/h3-9,14-15H,10-13H2,1-2H3,(H,30,34,37)/b21-15+. The summed E-state index contributed by atoms with van der Waals surface area (Å²) < 4.78 is 7.54. The van der Waals surface area contributed by atoms with E-state index in [1.807, 2.05) is 19.9 Å². The molecular weight excluding hydrogens is 531 g/mol. The number of ether oxygens (including phenoxy) is 1. The number of carbonyl (C=O) groups excluding carboxylic acids is 2. The first-order chi connectivity index (χ1) is 17.8. The molecule has 7 nitrogen and oxygen atoms in total. The smallest absolute Gasteiger partial charge is 0.270 e. The third kappa shape index (κ3) is 4.78. The summed E-state index contributed by atoms with van der Waals surface area (Å²) in [6.45, 7) is 7.14. The van der Waals surface area contributed by atoms with Gasteiger partial charge in [0.25, 0.3) is 11.8 Å². The zero-order valence-corrected chi connectivity index (χ0v) is 22.6. The van der Waals surface area contributed by atoms with Crippen LogP contribution in [0.5, 0.6) is 0 Å². The number of benzene rings is 2. The Labute approximate surface area is 230 Å². The summed E-state index contributed by atoms with van der Waals surface area (Å²) in [5, 5.41) is 2.99. The molecule has 190 valence electrons. The van der Waals surface area contributed by atoms with Gasteiger partial charge in [-0.15, -0.1) is 0 Å². The number of morpholine rings is 1. The normalized spacial score (nSPS) is 17.5. The molecule has 10 heteroatoms. The molecule has 3 aromatic rings. The molecule has 0 radical (unpaired) electrons. The quantitative estimate of drug-likeness (QED) is 0.277. The van der Waals surface area contributed by atoms with Gasteiger partial charge in [0.2, 0.25) is 0 Å². The number of hydrogen-bond acceptors (Lipinski definition) is 5. The van der Waals surface area contributed by atoms with Gasteiger partial charge in [-0.3, -0.25) is 19.8 Å². The zero-order valence-electron chi connectivity index (χ0n) is 20.3. The number of anilines is 2. The van der Waals surface area contributed by atoms with Crippen molar-refractivity contribution in [1.29, 1.82) is 0 Å². The van der Waals surface area contributed by atoms with E-state index in [0.29, 0.717) is 5.69 Å². The van der Waals surface area contributed by atoms with Crippen molar-refractivity contribution in [3.8, 4) is 5.69 Å². The number of nitrogens with one attached hydrogen (secondary N) is 1. The highest BCUT2D eigenvalue weighted by Gasteiger charge is 2.36. The predicted molar refractivity (Wildman–Crippen MR) is 151 cm³/mol. The maximum Gasteiger partial charge on any atom is 0.270 e. The van der Waals surface area contributed by atoms with Crippen LogP contribution in [0.1, 0.15) is 17.0 Å². The molecule has 0 bridgehead atoms. The minimum Gasteiger partial charge on any atom is -0.378 e. The van der Waals surface area contributed by atoms with Gasteiger partial charge in [-0.1, -0.05) is 29.3 Å². The van der Waals surface area contributed by atoms with Crippen molar-refractivity contribution in [2.75, 3.05) is 36.1 Å². The summed E-state index contributed by atoms with van der Waals surface area (Å²) in [5.74, 6) is -1.14. The van der Waals surface area contributed by atoms with Crippen LogP contribution in [-0.4, -0.2) is 47.8 Å². The molecule has 37 heavy (non-hydrogen) atoms. The minimum absolute atomic E-state index is 0.0486. The molecule has 0 unspecified atom stereocenters. The fourth-order valence-corrected chi connectivity index (χ4v) is 5.32. The Bertz CT molecular complexity index is 1440. The molecule has 1 aromatic heterocycles.